The number of aromatic nitrogens is 2. The molecule has 1 atom stereocenters. The first-order valence-corrected chi connectivity index (χ1v) is 11.5. The van der Waals surface area contributed by atoms with Gasteiger partial charge in [-0.3, -0.25) is 0 Å². The molecule has 7 heteroatoms. The Morgan fingerprint density at radius 1 is 1.18 bits per heavy atom. The van der Waals surface area contributed by atoms with Gasteiger partial charge in [0, 0.05) is 17.8 Å². The lowest BCUT2D eigenvalue weighted by Gasteiger charge is -2.40. The summed E-state index contributed by atoms with van der Waals surface area (Å²) in [4.78, 5) is 12.4. The third-order valence-electron chi connectivity index (χ3n) is 6.15. The van der Waals surface area contributed by atoms with Crippen molar-refractivity contribution < 1.29 is 9.57 Å². The average Bonchev–Trinajstić information content (AvgIpc) is 3.24. The summed E-state index contributed by atoms with van der Waals surface area (Å²) in [5, 5.41) is 5.21. The summed E-state index contributed by atoms with van der Waals surface area (Å²) in [6, 6.07) is 12.5. The van der Waals surface area contributed by atoms with Gasteiger partial charge in [0.25, 0.3) is 0 Å². The second-order valence-electron chi connectivity index (χ2n) is 8.61. The van der Waals surface area contributed by atoms with Crippen molar-refractivity contribution in [2.75, 3.05) is 20.3 Å². The average molecular weight is 463 g/mol. The van der Waals surface area contributed by atoms with Crippen LogP contribution in [0, 0.1) is 13.8 Å². The molecule has 0 amide bonds. The largest absolute Gasteiger partial charge is 0.495 e. The molecule has 6 nitrogen and oxygen atoms in total. The van der Waals surface area contributed by atoms with Gasteiger partial charge in [-0.05, 0) is 79.3 Å². The van der Waals surface area contributed by atoms with Crippen LogP contribution in [0.4, 0.5) is 0 Å². The number of nitrogens with zero attached hydrogens (tertiary/aromatic N) is 4. The van der Waals surface area contributed by atoms with Gasteiger partial charge in [0.1, 0.15) is 12.4 Å². The Balaban J connectivity index is 1.46. The number of ether oxygens (including phenoxy) is 1. The molecule has 1 fully saturated rings. The van der Waals surface area contributed by atoms with Gasteiger partial charge in [-0.15, -0.1) is 0 Å². The SMILES string of the molecule is COc1cc(/C=C2\CCCN3C2=NOC[C@@H]3c2cc(C)cc(Cl)c2)ccc1-n1cnc(C)c1. The fourth-order valence-electron chi connectivity index (χ4n) is 4.64. The number of hydrogen-bond acceptors (Lipinski definition) is 5. The molecule has 0 unspecified atom stereocenters. The summed E-state index contributed by atoms with van der Waals surface area (Å²) in [6.07, 6.45) is 7.98. The fourth-order valence-corrected chi connectivity index (χ4v) is 4.93. The minimum absolute atomic E-state index is 0.0972. The van der Waals surface area contributed by atoms with Crippen molar-refractivity contribution >= 4 is 23.5 Å². The maximum Gasteiger partial charge on any atom is 0.172 e. The Morgan fingerprint density at radius 2 is 2.06 bits per heavy atom. The van der Waals surface area contributed by atoms with E-state index in [2.05, 4.69) is 52.3 Å². The molecule has 0 N–H and O–H groups in total. The smallest absolute Gasteiger partial charge is 0.172 e. The maximum atomic E-state index is 6.35. The van der Waals surface area contributed by atoms with Gasteiger partial charge in [0.15, 0.2) is 5.84 Å². The lowest BCUT2D eigenvalue weighted by atomic mass is 9.95. The first kappa shape index (κ1) is 21.6. The number of amidine groups is 1. The van der Waals surface area contributed by atoms with E-state index < -0.39 is 0 Å². The third kappa shape index (κ3) is 4.35. The first-order chi connectivity index (χ1) is 16.0. The summed E-state index contributed by atoms with van der Waals surface area (Å²) < 4.78 is 7.66. The van der Waals surface area contributed by atoms with Gasteiger partial charge in [-0.25, -0.2) is 4.98 Å². The van der Waals surface area contributed by atoms with E-state index in [0.717, 1.165) is 69.6 Å². The van der Waals surface area contributed by atoms with Gasteiger partial charge in [0.2, 0.25) is 0 Å². The van der Waals surface area contributed by atoms with Crippen LogP contribution in [0.5, 0.6) is 5.75 Å². The number of halogens is 1. The third-order valence-corrected chi connectivity index (χ3v) is 6.37. The predicted octanol–water partition coefficient (Wildman–Crippen LogP) is 5.72. The van der Waals surface area contributed by atoms with E-state index in [4.69, 9.17) is 21.2 Å². The number of imidazole rings is 1. The molecule has 1 aromatic heterocycles. The zero-order valence-corrected chi connectivity index (χ0v) is 19.8. The molecule has 0 radical (unpaired) electrons. The van der Waals surface area contributed by atoms with Crippen LogP contribution >= 0.6 is 11.6 Å². The highest BCUT2D eigenvalue weighted by molar-refractivity contribution is 6.30. The summed E-state index contributed by atoms with van der Waals surface area (Å²) in [6.45, 7) is 5.50. The van der Waals surface area contributed by atoms with Gasteiger partial charge in [-0.1, -0.05) is 28.9 Å². The summed E-state index contributed by atoms with van der Waals surface area (Å²) in [5.41, 5.74) is 6.46. The van der Waals surface area contributed by atoms with Crippen molar-refractivity contribution in [1.82, 2.24) is 14.5 Å². The van der Waals surface area contributed by atoms with Crippen LogP contribution in [-0.2, 0) is 4.84 Å². The van der Waals surface area contributed by atoms with E-state index in [1.54, 1.807) is 13.4 Å². The zero-order chi connectivity index (χ0) is 22.9. The summed E-state index contributed by atoms with van der Waals surface area (Å²) in [5.74, 6) is 1.70. The second-order valence-corrected chi connectivity index (χ2v) is 9.04. The molecule has 2 aromatic carbocycles. The van der Waals surface area contributed by atoms with Gasteiger partial charge in [0.05, 0.1) is 30.9 Å². The fraction of sp³-hybridized carbons (Fsp3) is 0.308. The number of benzene rings is 2. The van der Waals surface area contributed by atoms with Crippen LogP contribution in [0.15, 0.2) is 59.7 Å². The van der Waals surface area contributed by atoms with Crippen LogP contribution in [0.25, 0.3) is 11.8 Å². The minimum atomic E-state index is 0.0972. The number of oxime groups is 1. The van der Waals surface area contributed by atoms with E-state index in [-0.39, 0.29) is 6.04 Å². The molecule has 33 heavy (non-hydrogen) atoms. The van der Waals surface area contributed by atoms with E-state index >= 15 is 0 Å². The molecule has 3 aromatic rings. The van der Waals surface area contributed by atoms with Gasteiger partial charge in [-0.2, -0.15) is 0 Å². The highest BCUT2D eigenvalue weighted by Crippen LogP contribution is 2.34. The van der Waals surface area contributed by atoms with Crippen molar-refractivity contribution in [1.29, 1.82) is 0 Å². The highest BCUT2D eigenvalue weighted by Gasteiger charge is 2.33. The van der Waals surface area contributed by atoms with Gasteiger partial charge >= 0.3 is 0 Å². The Bertz CT molecular complexity index is 1230. The van der Waals surface area contributed by atoms with Crippen LogP contribution in [0.1, 0.15) is 41.3 Å². The van der Waals surface area contributed by atoms with E-state index in [1.165, 1.54) is 0 Å². The van der Waals surface area contributed by atoms with Crippen molar-refractivity contribution in [3.05, 3.63) is 81.9 Å². The van der Waals surface area contributed by atoms with Crippen LogP contribution in [0.3, 0.4) is 0 Å². The molecule has 5 rings (SSSR count). The maximum absolute atomic E-state index is 6.35. The molecule has 0 saturated carbocycles. The number of rotatable bonds is 4. The van der Waals surface area contributed by atoms with Crippen molar-refractivity contribution in [2.24, 2.45) is 5.16 Å². The second kappa shape index (κ2) is 8.94. The van der Waals surface area contributed by atoms with Crippen molar-refractivity contribution in [2.45, 2.75) is 32.7 Å². The molecular weight excluding hydrogens is 436 g/mol. The van der Waals surface area contributed by atoms with Gasteiger partial charge < -0.3 is 19.0 Å². The topological polar surface area (TPSA) is 51.9 Å². The van der Waals surface area contributed by atoms with E-state index in [0.29, 0.717) is 6.61 Å². The zero-order valence-electron chi connectivity index (χ0n) is 19.1. The van der Waals surface area contributed by atoms with Crippen LogP contribution in [-0.4, -0.2) is 40.5 Å². The standard InChI is InChI=1S/C26H27ClN4O2/c1-17-9-21(13-22(27)10-17)24-15-33-29-26-20(5-4-8-31(24)26)11-19-6-7-23(25(12-19)32-3)30-14-18(2)28-16-30/h6-7,9-14,16,24H,4-5,8,15H2,1-3H3/b20-11+/t24-/m1/s1. The number of methoxy groups -OCH3 is 1. The predicted molar refractivity (Wildman–Crippen MR) is 131 cm³/mol. The molecule has 170 valence electrons. The first-order valence-electron chi connectivity index (χ1n) is 11.2. The molecule has 2 aliphatic rings. The Labute approximate surface area is 199 Å². The number of piperidine rings is 1. The van der Waals surface area contributed by atoms with E-state index in [9.17, 15) is 0 Å². The van der Waals surface area contributed by atoms with Crippen molar-refractivity contribution in [3.8, 4) is 11.4 Å². The Hall–Kier alpha value is -3.25. The summed E-state index contributed by atoms with van der Waals surface area (Å²) in [7, 11) is 1.69. The van der Waals surface area contributed by atoms with E-state index in [1.807, 2.05) is 29.8 Å². The molecule has 1 saturated heterocycles. The highest BCUT2D eigenvalue weighted by atomic mass is 35.5. The molecule has 0 bridgehead atoms. The monoisotopic (exact) mass is 462 g/mol. The lowest BCUT2D eigenvalue weighted by molar-refractivity contribution is 0.0575. The Kier molecular flexibility index (Phi) is 5.85. The normalized spacial score (nSPS) is 19.2. The van der Waals surface area contributed by atoms with Crippen molar-refractivity contribution in [3.63, 3.8) is 0 Å². The molecule has 0 spiro atoms. The number of aryl methyl sites for hydroxylation is 2. The minimum Gasteiger partial charge on any atom is -0.495 e. The molecule has 3 heterocycles. The lowest BCUT2D eigenvalue weighted by Crippen LogP contribution is -2.44. The quantitative estimate of drug-likeness (QED) is 0.498. The number of hydrogen-bond donors (Lipinski definition) is 0. The summed E-state index contributed by atoms with van der Waals surface area (Å²) >= 11 is 6.35. The number of fused-ring (bicyclic) bond motifs is 1. The van der Waals surface area contributed by atoms with Crippen LogP contribution in [0.2, 0.25) is 5.02 Å². The Morgan fingerprint density at radius 3 is 2.82 bits per heavy atom. The molecule has 2 aliphatic heterocycles. The molecule has 0 aliphatic carbocycles. The van der Waals surface area contributed by atoms with Crippen LogP contribution < -0.4 is 4.74 Å². The molecular formula is C26H27ClN4O2.